The van der Waals surface area contributed by atoms with Crippen LogP contribution < -0.4 is 10.6 Å². The van der Waals surface area contributed by atoms with E-state index in [9.17, 15) is 4.79 Å². The summed E-state index contributed by atoms with van der Waals surface area (Å²) in [5.41, 5.74) is 0.782. The van der Waals surface area contributed by atoms with Crippen molar-refractivity contribution >= 4 is 40.7 Å². The van der Waals surface area contributed by atoms with E-state index in [1.54, 1.807) is 12.1 Å². The quantitative estimate of drug-likeness (QED) is 0.624. The number of carbonyl (C=O) groups excluding carboxylic acids is 1. The molecule has 0 spiro atoms. The van der Waals surface area contributed by atoms with Crippen molar-refractivity contribution in [3.05, 3.63) is 32.8 Å². The van der Waals surface area contributed by atoms with E-state index in [-0.39, 0.29) is 11.8 Å². The van der Waals surface area contributed by atoms with Crippen LogP contribution in [0, 0.1) is 5.92 Å². The van der Waals surface area contributed by atoms with E-state index in [0.29, 0.717) is 34.7 Å². The van der Waals surface area contributed by atoms with E-state index < -0.39 is 0 Å². The monoisotopic (exact) mass is 320 g/mol. The highest BCUT2D eigenvalue weighted by Crippen LogP contribution is 2.31. The Labute approximate surface area is 127 Å². The molecular weight excluding hydrogens is 307 g/mol. The molecule has 2 N–H and O–H groups in total. The van der Waals surface area contributed by atoms with Crippen molar-refractivity contribution in [1.29, 1.82) is 0 Å². The number of rotatable bonds is 6. The minimum atomic E-state index is 0.153. The second-order valence-corrected chi connectivity index (χ2v) is 5.76. The SMILES string of the molecule is O=C(NCCNCc1c(Cl)ccc(Cl)c1Cl)C1CC1. The third kappa shape index (κ3) is 4.25. The Bertz CT molecular complexity index is 475. The number of hydrogen-bond donors (Lipinski definition) is 2. The molecule has 6 heteroatoms. The molecule has 104 valence electrons. The van der Waals surface area contributed by atoms with Crippen LogP contribution in [0.2, 0.25) is 15.1 Å². The fourth-order valence-electron chi connectivity index (χ4n) is 1.71. The van der Waals surface area contributed by atoms with E-state index in [4.69, 9.17) is 34.8 Å². The number of benzene rings is 1. The van der Waals surface area contributed by atoms with Crippen LogP contribution >= 0.6 is 34.8 Å². The van der Waals surface area contributed by atoms with E-state index in [0.717, 1.165) is 18.4 Å². The van der Waals surface area contributed by atoms with Gasteiger partial charge in [-0.25, -0.2) is 0 Å². The van der Waals surface area contributed by atoms with Crippen molar-refractivity contribution in [2.24, 2.45) is 5.92 Å². The van der Waals surface area contributed by atoms with E-state index in [1.807, 2.05) is 0 Å². The molecule has 3 nitrogen and oxygen atoms in total. The summed E-state index contributed by atoms with van der Waals surface area (Å²) in [5, 5.41) is 7.61. The van der Waals surface area contributed by atoms with Gasteiger partial charge in [-0.05, 0) is 25.0 Å². The minimum Gasteiger partial charge on any atom is -0.355 e. The first-order valence-electron chi connectivity index (χ1n) is 6.20. The Kier molecular flexibility index (Phi) is 5.34. The maximum Gasteiger partial charge on any atom is 0.223 e. The molecule has 1 aromatic rings. The molecule has 19 heavy (non-hydrogen) atoms. The van der Waals surface area contributed by atoms with Crippen molar-refractivity contribution < 1.29 is 4.79 Å². The van der Waals surface area contributed by atoms with Crippen LogP contribution in [0.3, 0.4) is 0 Å². The molecule has 0 atom stereocenters. The van der Waals surface area contributed by atoms with Crippen LogP contribution in [-0.2, 0) is 11.3 Å². The number of hydrogen-bond acceptors (Lipinski definition) is 2. The fraction of sp³-hybridized carbons (Fsp3) is 0.462. The van der Waals surface area contributed by atoms with Gasteiger partial charge in [0.2, 0.25) is 5.91 Å². The third-order valence-corrected chi connectivity index (χ3v) is 4.19. The highest BCUT2D eigenvalue weighted by Gasteiger charge is 2.28. The zero-order valence-corrected chi connectivity index (χ0v) is 12.6. The van der Waals surface area contributed by atoms with E-state index >= 15 is 0 Å². The lowest BCUT2D eigenvalue weighted by Gasteiger charge is -2.10. The van der Waals surface area contributed by atoms with Gasteiger partial charge in [0.15, 0.2) is 0 Å². The predicted molar refractivity (Wildman–Crippen MR) is 78.9 cm³/mol. The van der Waals surface area contributed by atoms with Crippen molar-refractivity contribution in [3.63, 3.8) is 0 Å². The van der Waals surface area contributed by atoms with Gasteiger partial charge in [-0.1, -0.05) is 34.8 Å². The Morgan fingerprint density at radius 2 is 1.84 bits per heavy atom. The molecule has 1 fully saturated rings. The zero-order chi connectivity index (χ0) is 13.8. The third-order valence-electron chi connectivity index (χ3n) is 2.99. The molecule has 0 aliphatic heterocycles. The Morgan fingerprint density at radius 1 is 1.16 bits per heavy atom. The van der Waals surface area contributed by atoms with Crippen LogP contribution in [0.1, 0.15) is 18.4 Å². The van der Waals surface area contributed by atoms with Crippen LogP contribution in [0.5, 0.6) is 0 Å². The molecule has 0 heterocycles. The molecule has 0 radical (unpaired) electrons. The fourth-order valence-corrected chi connectivity index (χ4v) is 2.39. The summed E-state index contributed by atoms with van der Waals surface area (Å²) in [6.07, 6.45) is 2.04. The average molecular weight is 322 g/mol. The van der Waals surface area contributed by atoms with Crippen LogP contribution in [-0.4, -0.2) is 19.0 Å². The van der Waals surface area contributed by atoms with Crippen LogP contribution in [0.4, 0.5) is 0 Å². The smallest absolute Gasteiger partial charge is 0.223 e. The van der Waals surface area contributed by atoms with Gasteiger partial charge >= 0.3 is 0 Å². The predicted octanol–water partition coefficient (Wildman–Crippen LogP) is 3.26. The lowest BCUT2D eigenvalue weighted by molar-refractivity contribution is -0.122. The largest absolute Gasteiger partial charge is 0.355 e. The number of carbonyl (C=O) groups is 1. The van der Waals surface area contributed by atoms with Crippen molar-refractivity contribution in [1.82, 2.24) is 10.6 Å². The normalized spacial score (nSPS) is 14.5. The summed E-state index contributed by atoms with van der Waals surface area (Å²) in [7, 11) is 0. The second kappa shape index (κ2) is 6.80. The molecule has 0 unspecified atom stereocenters. The van der Waals surface area contributed by atoms with E-state index in [1.165, 1.54) is 0 Å². The van der Waals surface area contributed by atoms with Crippen molar-refractivity contribution in [3.8, 4) is 0 Å². The maximum absolute atomic E-state index is 11.4. The standard InChI is InChI=1S/C13H15Cl3N2O/c14-10-3-4-11(15)12(16)9(10)7-17-5-6-18-13(19)8-1-2-8/h3-4,8,17H,1-2,5-7H2,(H,18,19). The first kappa shape index (κ1) is 14.9. The topological polar surface area (TPSA) is 41.1 Å². The first-order valence-corrected chi connectivity index (χ1v) is 7.34. The summed E-state index contributed by atoms with van der Waals surface area (Å²) >= 11 is 18.1. The average Bonchev–Trinajstić information content (AvgIpc) is 3.21. The van der Waals surface area contributed by atoms with Gasteiger partial charge in [0.25, 0.3) is 0 Å². The minimum absolute atomic E-state index is 0.153. The van der Waals surface area contributed by atoms with Crippen LogP contribution in [0.15, 0.2) is 12.1 Å². The molecule has 1 amide bonds. The summed E-state index contributed by atoms with van der Waals surface area (Å²) in [6.45, 7) is 1.79. The Morgan fingerprint density at radius 3 is 2.53 bits per heavy atom. The molecule has 1 saturated carbocycles. The Balaban J connectivity index is 1.73. The summed E-state index contributed by atoms with van der Waals surface area (Å²) in [4.78, 5) is 11.4. The second-order valence-electron chi connectivity index (χ2n) is 4.56. The molecule has 0 saturated heterocycles. The molecule has 2 rings (SSSR count). The van der Waals surface area contributed by atoms with Gasteiger partial charge in [0, 0.05) is 36.1 Å². The molecular formula is C13H15Cl3N2O. The van der Waals surface area contributed by atoms with Gasteiger partial charge in [0.1, 0.15) is 0 Å². The Hall–Kier alpha value is -0.480. The van der Waals surface area contributed by atoms with Gasteiger partial charge in [-0.2, -0.15) is 0 Å². The molecule has 0 aromatic heterocycles. The summed E-state index contributed by atoms with van der Waals surface area (Å²) in [5.74, 6) is 0.400. The van der Waals surface area contributed by atoms with Gasteiger partial charge in [-0.15, -0.1) is 0 Å². The number of nitrogens with one attached hydrogen (secondary N) is 2. The van der Waals surface area contributed by atoms with Gasteiger partial charge in [-0.3, -0.25) is 4.79 Å². The molecule has 0 bridgehead atoms. The molecule has 1 aliphatic carbocycles. The molecule has 1 aliphatic rings. The van der Waals surface area contributed by atoms with Crippen LogP contribution in [0.25, 0.3) is 0 Å². The molecule has 1 aromatic carbocycles. The highest BCUT2D eigenvalue weighted by molar-refractivity contribution is 6.44. The first-order chi connectivity index (χ1) is 9.09. The van der Waals surface area contributed by atoms with E-state index in [2.05, 4.69) is 10.6 Å². The maximum atomic E-state index is 11.4. The van der Waals surface area contributed by atoms with Crippen molar-refractivity contribution in [2.75, 3.05) is 13.1 Å². The summed E-state index contributed by atoms with van der Waals surface area (Å²) in [6, 6.07) is 3.40. The zero-order valence-electron chi connectivity index (χ0n) is 10.3. The van der Waals surface area contributed by atoms with Gasteiger partial charge < -0.3 is 10.6 Å². The number of halogens is 3. The lowest BCUT2D eigenvalue weighted by Crippen LogP contribution is -2.32. The highest BCUT2D eigenvalue weighted by atomic mass is 35.5. The number of amides is 1. The van der Waals surface area contributed by atoms with Gasteiger partial charge in [0.05, 0.1) is 10.0 Å². The lowest BCUT2D eigenvalue weighted by atomic mass is 10.2. The van der Waals surface area contributed by atoms with Crippen molar-refractivity contribution in [2.45, 2.75) is 19.4 Å². The summed E-state index contributed by atoms with van der Waals surface area (Å²) < 4.78 is 0.